The summed E-state index contributed by atoms with van der Waals surface area (Å²) in [7, 11) is 0. The van der Waals surface area contributed by atoms with Crippen molar-refractivity contribution in [3.63, 3.8) is 0 Å². The van der Waals surface area contributed by atoms with Crippen molar-refractivity contribution in [3.8, 4) is 11.5 Å². The Bertz CT molecular complexity index is 564. The molecule has 0 saturated carbocycles. The highest BCUT2D eigenvalue weighted by Crippen LogP contribution is 2.31. The zero-order valence-corrected chi connectivity index (χ0v) is 11.5. The minimum atomic E-state index is 0.114. The Morgan fingerprint density at radius 3 is 2.65 bits per heavy atom. The van der Waals surface area contributed by atoms with Crippen molar-refractivity contribution < 1.29 is 14.6 Å². The van der Waals surface area contributed by atoms with Gasteiger partial charge in [-0.05, 0) is 29.2 Å². The quantitative estimate of drug-likeness (QED) is 0.815. The standard InChI is InChI=1S/C17H18O3/c1-13(9-10-18)15-7-8-16(19)17(11-15)20-12-14-5-3-2-4-6-14/h2-8,10-11,13,19H,9,12H2,1H3. The fourth-order valence-electron chi connectivity index (χ4n) is 1.97. The first-order valence-electron chi connectivity index (χ1n) is 6.64. The number of phenols is 1. The number of carbonyl (C=O) groups excluding carboxylic acids is 1. The Hall–Kier alpha value is -2.29. The number of phenolic OH excluding ortho intramolecular Hbond substituents is 1. The summed E-state index contributed by atoms with van der Waals surface area (Å²) in [6, 6.07) is 15.0. The molecule has 104 valence electrons. The lowest BCUT2D eigenvalue weighted by atomic mass is 9.98. The van der Waals surface area contributed by atoms with Gasteiger partial charge in [-0.25, -0.2) is 0 Å². The van der Waals surface area contributed by atoms with Crippen LogP contribution in [-0.4, -0.2) is 11.4 Å². The second kappa shape index (κ2) is 6.75. The van der Waals surface area contributed by atoms with Gasteiger partial charge in [0.05, 0.1) is 0 Å². The van der Waals surface area contributed by atoms with Crippen LogP contribution in [0.5, 0.6) is 11.5 Å². The van der Waals surface area contributed by atoms with E-state index in [1.54, 1.807) is 12.1 Å². The number of benzene rings is 2. The maximum absolute atomic E-state index is 10.6. The van der Waals surface area contributed by atoms with Crippen LogP contribution in [0.3, 0.4) is 0 Å². The van der Waals surface area contributed by atoms with Crippen LogP contribution in [0.25, 0.3) is 0 Å². The molecule has 20 heavy (non-hydrogen) atoms. The predicted octanol–water partition coefficient (Wildman–Crippen LogP) is 3.66. The molecule has 1 unspecified atom stereocenters. The fraction of sp³-hybridized carbons (Fsp3) is 0.235. The lowest BCUT2D eigenvalue weighted by Crippen LogP contribution is -1.98. The van der Waals surface area contributed by atoms with Crippen molar-refractivity contribution in [2.24, 2.45) is 0 Å². The van der Waals surface area contributed by atoms with Gasteiger partial charge in [-0.1, -0.05) is 43.3 Å². The molecule has 1 atom stereocenters. The highest BCUT2D eigenvalue weighted by atomic mass is 16.5. The van der Waals surface area contributed by atoms with Gasteiger partial charge >= 0.3 is 0 Å². The summed E-state index contributed by atoms with van der Waals surface area (Å²) in [6.07, 6.45) is 1.37. The topological polar surface area (TPSA) is 46.5 Å². The van der Waals surface area contributed by atoms with Crippen LogP contribution in [0.4, 0.5) is 0 Å². The van der Waals surface area contributed by atoms with E-state index in [9.17, 15) is 9.90 Å². The molecule has 0 amide bonds. The van der Waals surface area contributed by atoms with Crippen molar-refractivity contribution in [2.75, 3.05) is 0 Å². The lowest BCUT2D eigenvalue weighted by Gasteiger charge is -2.13. The Labute approximate surface area is 118 Å². The molecule has 0 heterocycles. The number of aromatic hydroxyl groups is 1. The molecular weight excluding hydrogens is 252 g/mol. The third-order valence-corrected chi connectivity index (χ3v) is 3.24. The molecule has 0 spiro atoms. The largest absolute Gasteiger partial charge is 0.504 e. The minimum absolute atomic E-state index is 0.114. The summed E-state index contributed by atoms with van der Waals surface area (Å²) in [5.41, 5.74) is 2.02. The van der Waals surface area contributed by atoms with Gasteiger partial charge in [0.2, 0.25) is 0 Å². The number of hydrogen-bond donors (Lipinski definition) is 1. The van der Waals surface area contributed by atoms with E-state index in [4.69, 9.17) is 4.74 Å². The number of rotatable bonds is 6. The Kier molecular flexibility index (Phi) is 4.77. The van der Waals surface area contributed by atoms with Crippen molar-refractivity contribution >= 4 is 6.29 Å². The van der Waals surface area contributed by atoms with Gasteiger partial charge in [-0.3, -0.25) is 0 Å². The summed E-state index contributed by atoms with van der Waals surface area (Å²) in [4.78, 5) is 10.6. The second-order valence-electron chi connectivity index (χ2n) is 4.80. The molecule has 0 aliphatic rings. The van der Waals surface area contributed by atoms with Crippen molar-refractivity contribution in [1.29, 1.82) is 0 Å². The molecule has 2 aromatic carbocycles. The molecule has 1 N–H and O–H groups in total. The van der Waals surface area contributed by atoms with E-state index >= 15 is 0 Å². The van der Waals surface area contributed by atoms with E-state index in [0.29, 0.717) is 18.8 Å². The number of aldehydes is 1. The van der Waals surface area contributed by atoms with Crippen LogP contribution in [0.2, 0.25) is 0 Å². The van der Waals surface area contributed by atoms with E-state index in [1.807, 2.05) is 43.3 Å². The van der Waals surface area contributed by atoms with Gasteiger partial charge < -0.3 is 14.6 Å². The van der Waals surface area contributed by atoms with Gasteiger partial charge in [0.15, 0.2) is 11.5 Å². The summed E-state index contributed by atoms with van der Waals surface area (Å²) < 4.78 is 5.65. The van der Waals surface area contributed by atoms with Crippen LogP contribution in [0.1, 0.15) is 30.4 Å². The van der Waals surface area contributed by atoms with Gasteiger partial charge in [-0.2, -0.15) is 0 Å². The van der Waals surface area contributed by atoms with Crippen LogP contribution in [0.15, 0.2) is 48.5 Å². The summed E-state index contributed by atoms with van der Waals surface area (Å²) in [5, 5.41) is 9.83. The minimum Gasteiger partial charge on any atom is -0.504 e. The third-order valence-electron chi connectivity index (χ3n) is 3.24. The summed E-state index contributed by atoms with van der Waals surface area (Å²) in [5.74, 6) is 0.680. The highest BCUT2D eigenvalue weighted by molar-refractivity contribution is 5.52. The van der Waals surface area contributed by atoms with E-state index in [2.05, 4.69) is 0 Å². The zero-order valence-electron chi connectivity index (χ0n) is 11.5. The van der Waals surface area contributed by atoms with Crippen LogP contribution >= 0.6 is 0 Å². The summed E-state index contributed by atoms with van der Waals surface area (Å²) >= 11 is 0. The number of carbonyl (C=O) groups is 1. The molecule has 3 nitrogen and oxygen atoms in total. The normalized spacial score (nSPS) is 11.8. The molecular formula is C17H18O3. The SMILES string of the molecule is CC(CC=O)c1ccc(O)c(OCc2ccccc2)c1. The smallest absolute Gasteiger partial charge is 0.161 e. The molecule has 0 fully saturated rings. The molecule has 3 heteroatoms. The summed E-state index contributed by atoms with van der Waals surface area (Å²) in [6.45, 7) is 2.38. The lowest BCUT2D eigenvalue weighted by molar-refractivity contribution is -0.108. The molecule has 0 aromatic heterocycles. The van der Waals surface area contributed by atoms with Gasteiger partial charge in [0, 0.05) is 6.42 Å². The van der Waals surface area contributed by atoms with Crippen molar-refractivity contribution in [3.05, 3.63) is 59.7 Å². The molecule has 0 bridgehead atoms. The maximum Gasteiger partial charge on any atom is 0.161 e. The average molecular weight is 270 g/mol. The molecule has 0 radical (unpaired) electrons. The van der Waals surface area contributed by atoms with Crippen molar-refractivity contribution in [1.82, 2.24) is 0 Å². The monoisotopic (exact) mass is 270 g/mol. The Morgan fingerprint density at radius 1 is 1.20 bits per heavy atom. The van der Waals surface area contributed by atoms with E-state index in [1.165, 1.54) is 0 Å². The Morgan fingerprint density at radius 2 is 1.95 bits per heavy atom. The van der Waals surface area contributed by atoms with Crippen LogP contribution < -0.4 is 4.74 Å². The number of hydrogen-bond acceptors (Lipinski definition) is 3. The molecule has 2 rings (SSSR count). The second-order valence-corrected chi connectivity index (χ2v) is 4.80. The maximum atomic E-state index is 10.6. The molecule has 0 aliphatic carbocycles. The van der Waals surface area contributed by atoms with Gasteiger partial charge in [0.1, 0.15) is 12.9 Å². The first-order valence-corrected chi connectivity index (χ1v) is 6.64. The first kappa shape index (κ1) is 14.1. The van der Waals surface area contributed by atoms with Crippen LogP contribution in [0, 0.1) is 0 Å². The van der Waals surface area contributed by atoms with Crippen LogP contribution in [-0.2, 0) is 11.4 Å². The van der Waals surface area contributed by atoms with E-state index in [0.717, 1.165) is 17.4 Å². The zero-order chi connectivity index (χ0) is 14.4. The predicted molar refractivity (Wildman–Crippen MR) is 78.0 cm³/mol. The fourth-order valence-corrected chi connectivity index (χ4v) is 1.97. The number of ether oxygens (including phenoxy) is 1. The van der Waals surface area contributed by atoms with E-state index < -0.39 is 0 Å². The Balaban J connectivity index is 2.10. The average Bonchev–Trinajstić information content (AvgIpc) is 2.47. The third kappa shape index (κ3) is 3.60. The van der Waals surface area contributed by atoms with Crippen molar-refractivity contribution in [2.45, 2.75) is 25.9 Å². The van der Waals surface area contributed by atoms with E-state index in [-0.39, 0.29) is 11.7 Å². The highest BCUT2D eigenvalue weighted by Gasteiger charge is 2.09. The first-order chi connectivity index (χ1) is 9.70. The molecule has 2 aromatic rings. The van der Waals surface area contributed by atoms with Gasteiger partial charge in [-0.15, -0.1) is 0 Å². The molecule has 0 saturated heterocycles. The molecule has 0 aliphatic heterocycles. The van der Waals surface area contributed by atoms with Gasteiger partial charge in [0.25, 0.3) is 0 Å².